The van der Waals surface area contributed by atoms with Gasteiger partial charge in [-0.1, -0.05) is 13.8 Å². The molecule has 0 fully saturated rings. The summed E-state index contributed by atoms with van der Waals surface area (Å²) in [4.78, 5) is 0. The van der Waals surface area contributed by atoms with Gasteiger partial charge in [0.05, 0.1) is 0 Å². The third kappa shape index (κ3) is 31.4. The molecule has 95 valence electrons. The van der Waals surface area contributed by atoms with Crippen LogP contribution in [0.25, 0.3) is 0 Å². The van der Waals surface area contributed by atoms with Crippen LogP contribution in [0.3, 0.4) is 0 Å². The van der Waals surface area contributed by atoms with E-state index in [1.165, 1.54) is 36.1 Å². The molecule has 0 aromatic rings. The molecule has 1 nitrogen and oxygen atoms in total. The van der Waals surface area contributed by atoms with Crippen molar-refractivity contribution in [1.82, 2.24) is 5.32 Å². The first-order valence-corrected chi connectivity index (χ1v) is 12.3. The van der Waals surface area contributed by atoms with E-state index in [-0.39, 0.29) is 0 Å². The molecular formula is C8H19Cl3CrNS2. The molecule has 0 rings (SSSR count). The number of nitrogens with one attached hydrogen (secondary N) is 1. The molecule has 7 heteroatoms. The standard InChI is InChI=1S/C8H19NS2.3ClH.Cr/c1-3-10-7-5-9-6-8-11-4-2;;;;/h9H,3-8H2,1-2H3;3*1H;/q;;;;+3/p-3. The van der Waals surface area contributed by atoms with Crippen LogP contribution in [0.4, 0.5) is 0 Å². The number of rotatable bonds is 8. The second-order valence-corrected chi connectivity index (χ2v) is 11.4. The Bertz CT molecular complexity index is 101. The predicted molar refractivity (Wildman–Crippen MR) is 76.4 cm³/mol. The summed E-state index contributed by atoms with van der Waals surface area (Å²) < 4.78 is 0. The maximum atomic E-state index is 4.93. The summed E-state index contributed by atoms with van der Waals surface area (Å²) in [6.07, 6.45) is 0. The molecule has 0 aliphatic heterocycles. The minimum atomic E-state index is -1.62. The van der Waals surface area contributed by atoms with Crippen LogP contribution in [0, 0.1) is 0 Å². The summed E-state index contributed by atoms with van der Waals surface area (Å²) in [7, 11) is 14.8. The zero-order valence-electron chi connectivity index (χ0n) is 9.10. The van der Waals surface area contributed by atoms with E-state index < -0.39 is 11.4 Å². The average Bonchev–Trinajstić information content (AvgIpc) is 2.16. The van der Waals surface area contributed by atoms with Crippen LogP contribution in [0.15, 0.2) is 0 Å². The Morgan fingerprint density at radius 2 is 1.27 bits per heavy atom. The van der Waals surface area contributed by atoms with Crippen molar-refractivity contribution >= 4 is 53.7 Å². The Morgan fingerprint density at radius 3 is 1.53 bits per heavy atom. The zero-order chi connectivity index (χ0) is 11.9. The van der Waals surface area contributed by atoms with Crippen LogP contribution < -0.4 is 5.32 Å². The maximum absolute atomic E-state index is 4.93. The van der Waals surface area contributed by atoms with Gasteiger partial charge in [-0.2, -0.15) is 23.5 Å². The Morgan fingerprint density at radius 1 is 0.933 bits per heavy atom. The Hall–Kier alpha value is 2.06. The first-order chi connectivity index (χ1) is 7.15. The number of hydrogen-bond donors (Lipinski definition) is 1. The van der Waals surface area contributed by atoms with Gasteiger partial charge >= 0.3 is 41.5 Å². The number of hydrogen-bond acceptors (Lipinski definition) is 3. The third-order valence-electron chi connectivity index (χ3n) is 1.25. The molecule has 0 aliphatic rings. The van der Waals surface area contributed by atoms with Gasteiger partial charge in [0.25, 0.3) is 0 Å². The molecule has 0 bridgehead atoms. The van der Waals surface area contributed by atoms with Crippen LogP contribution in [-0.4, -0.2) is 36.1 Å². The van der Waals surface area contributed by atoms with Gasteiger partial charge in [-0.15, -0.1) is 0 Å². The normalized spacial score (nSPS) is 10.0. The fourth-order valence-electron chi connectivity index (χ4n) is 0.702. The second-order valence-electron chi connectivity index (χ2n) is 2.32. The van der Waals surface area contributed by atoms with Crippen molar-refractivity contribution in [2.45, 2.75) is 13.8 Å². The molecule has 0 radical (unpaired) electrons. The van der Waals surface area contributed by atoms with Gasteiger partial charge in [-0.25, -0.2) is 0 Å². The van der Waals surface area contributed by atoms with E-state index in [0.29, 0.717) is 0 Å². The summed E-state index contributed by atoms with van der Waals surface area (Å²) in [5, 5.41) is 3.41. The topological polar surface area (TPSA) is 12.0 Å². The van der Waals surface area contributed by atoms with Gasteiger partial charge in [-0.3, -0.25) is 0 Å². The van der Waals surface area contributed by atoms with Gasteiger partial charge < -0.3 is 5.32 Å². The Kier molecular flexibility index (Phi) is 23.8. The van der Waals surface area contributed by atoms with Crippen molar-refractivity contribution in [2.24, 2.45) is 0 Å². The van der Waals surface area contributed by atoms with E-state index in [1.54, 1.807) is 0 Å². The molecule has 0 heterocycles. The Balaban J connectivity index is 0. The summed E-state index contributed by atoms with van der Waals surface area (Å²) in [5.74, 6) is 5.00. The van der Waals surface area contributed by atoms with E-state index in [0.717, 1.165) is 0 Å². The first kappa shape index (κ1) is 19.4. The number of halogens is 3. The molecule has 0 unspecified atom stereocenters. The van der Waals surface area contributed by atoms with E-state index in [1.807, 2.05) is 23.5 Å². The van der Waals surface area contributed by atoms with Crippen LogP contribution in [0.2, 0.25) is 0 Å². The van der Waals surface area contributed by atoms with Crippen molar-refractivity contribution in [3.8, 4) is 0 Å². The van der Waals surface area contributed by atoms with Gasteiger partial charge in [0, 0.05) is 24.6 Å². The molecule has 15 heavy (non-hydrogen) atoms. The van der Waals surface area contributed by atoms with Crippen molar-refractivity contribution < 1.29 is 11.4 Å². The van der Waals surface area contributed by atoms with Gasteiger partial charge in [0.2, 0.25) is 0 Å². The molecule has 0 spiro atoms. The van der Waals surface area contributed by atoms with Crippen LogP contribution in [-0.2, 0) is 11.4 Å². The van der Waals surface area contributed by atoms with Gasteiger partial charge in [-0.05, 0) is 11.5 Å². The molecule has 0 saturated heterocycles. The summed E-state index contributed by atoms with van der Waals surface area (Å²) >= 11 is 2.38. The van der Waals surface area contributed by atoms with Gasteiger partial charge in [0.1, 0.15) is 0 Å². The first-order valence-electron chi connectivity index (χ1n) is 4.74. The van der Waals surface area contributed by atoms with E-state index in [2.05, 4.69) is 19.2 Å². The predicted octanol–water partition coefficient (Wildman–Crippen LogP) is 4.15. The molecule has 0 aromatic carbocycles. The summed E-state index contributed by atoms with van der Waals surface area (Å²) in [6.45, 7) is 6.75. The fourth-order valence-corrected chi connectivity index (χ4v) is 1.86. The molecule has 0 saturated carbocycles. The Labute approximate surface area is 119 Å². The zero-order valence-corrected chi connectivity index (χ0v) is 14.3. The minimum absolute atomic E-state index is 1.17. The molecule has 0 amide bonds. The molecular weight excluding hydrogens is 333 g/mol. The monoisotopic (exact) mass is 350 g/mol. The quantitative estimate of drug-likeness (QED) is 0.660. The van der Waals surface area contributed by atoms with Crippen molar-refractivity contribution in [1.29, 1.82) is 0 Å². The SMILES string of the molecule is CCSCCNCCSCC.[Cl][Cr]([Cl])[Cl]. The van der Waals surface area contributed by atoms with Crippen LogP contribution in [0.5, 0.6) is 0 Å². The van der Waals surface area contributed by atoms with Crippen molar-refractivity contribution in [3.05, 3.63) is 0 Å². The number of thioether (sulfide) groups is 2. The van der Waals surface area contributed by atoms with E-state index in [9.17, 15) is 0 Å². The van der Waals surface area contributed by atoms with Crippen molar-refractivity contribution in [3.63, 3.8) is 0 Å². The summed E-state index contributed by atoms with van der Waals surface area (Å²) in [5.41, 5.74) is 0. The van der Waals surface area contributed by atoms with Crippen LogP contribution >= 0.6 is 53.7 Å². The van der Waals surface area contributed by atoms with Crippen LogP contribution in [0.1, 0.15) is 13.8 Å². The van der Waals surface area contributed by atoms with Crippen molar-refractivity contribution in [2.75, 3.05) is 36.1 Å². The van der Waals surface area contributed by atoms with E-state index in [4.69, 9.17) is 30.1 Å². The van der Waals surface area contributed by atoms with Gasteiger partial charge in [0.15, 0.2) is 0 Å². The molecule has 1 N–H and O–H groups in total. The average molecular weight is 352 g/mol. The summed E-state index contributed by atoms with van der Waals surface area (Å²) in [6, 6.07) is 0. The molecule has 0 atom stereocenters. The third-order valence-corrected chi connectivity index (χ3v) is 3.06. The molecule has 0 aliphatic carbocycles. The fraction of sp³-hybridized carbons (Fsp3) is 1.00. The molecule has 0 aromatic heterocycles. The second kappa shape index (κ2) is 18.4. The van der Waals surface area contributed by atoms with E-state index >= 15 is 0 Å².